The van der Waals surface area contributed by atoms with Gasteiger partial charge < -0.3 is 0 Å². The Morgan fingerprint density at radius 3 is 1.25 bits per heavy atom. The summed E-state index contributed by atoms with van der Waals surface area (Å²) in [5, 5.41) is 11.0. The summed E-state index contributed by atoms with van der Waals surface area (Å²) in [5.74, 6) is -3.71. The molecule has 2 heterocycles. The molecule has 0 aliphatic carbocycles. The Morgan fingerprint density at radius 1 is 0.583 bits per heavy atom. The topological polar surface area (TPSA) is 99.5 Å². The molecule has 0 aromatic heterocycles. The fourth-order valence-electron chi connectivity index (χ4n) is 4.38. The van der Waals surface area contributed by atoms with E-state index in [1.54, 1.807) is 62.4 Å². The lowest BCUT2D eigenvalue weighted by Gasteiger charge is -2.14. The number of carbonyl (C=O) groups is 4. The molecular formula is C28H22N4O4. The second-order valence-corrected chi connectivity index (χ2v) is 8.63. The number of benzene rings is 3. The molecule has 0 bridgehead atoms. The van der Waals surface area contributed by atoms with E-state index in [-0.39, 0.29) is 11.1 Å². The van der Waals surface area contributed by atoms with E-state index in [9.17, 15) is 19.2 Å². The van der Waals surface area contributed by atoms with Crippen LogP contribution in [0.5, 0.6) is 0 Å². The minimum Gasteiger partial charge on any atom is -0.293 e. The van der Waals surface area contributed by atoms with Crippen molar-refractivity contribution >= 4 is 46.2 Å². The molecule has 3 aromatic carbocycles. The lowest BCUT2D eigenvalue weighted by Crippen LogP contribution is -2.33. The number of hydrogen-bond acceptors (Lipinski definition) is 6. The molecule has 36 heavy (non-hydrogen) atoms. The van der Waals surface area contributed by atoms with Crippen LogP contribution in [0, 0.1) is 11.8 Å². The first-order chi connectivity index (χ1) is 17.4. The Hall–Kier alpha value is -4.72. The fourth-order valence-corrected chi connectivity index (χ4v) is 4.38. The zero-order valence-corrected chi connectivity index (χ0v) is 19.7. The average molecular weight is 479 g/mol. The molecule has 8 heteroatoms. The van der Waals surface area contributed by atoms with Crippen LogP contribution in [0.15, 0.2) is 95.1 Å². The highest BCUT2D eigenvalue weighted by molar-refractivity contribution is 6.31. The molecule has 8 nitrogen and oxygen atoms in total. The van der Waals surface area contributed by atoms with Gasteiger partial charge in [0.15, 0.2) is 11.6 Å². The van der Waals surface area contributed by atoms with Crippen LogP contribution in [-0.2, 0) is 9.59 Å². The Labute approximate surface area is 207 Å². The van der Waals surface area contributed by atoms with Crippen molar-refractivity contribution < 1.29 is 19.2 Å². The minimum atomic E-state index is -1.03. The van der Waals surface area contributed by atoms with E-state index in [4.69, 9.17) is 0 Å². The lowest BCUT2D eigenvalue weighted by molar-refractivity contribution is -0.119. The number of Topliss-reactive ketones (excluding diaryl/α,β-unsaturated/α-hetero) is 2. The summed E-state index contributed by atoms with van der Waals surface area (Å²) in [6.07, 6.45) is 0. The number of rotatable bonds is 6. The standard InChI is InChI=1S/C28H22N4O4/c1-17-23(27(35)31(29-17)21-9-5-3-6-10-21)25(33)19-13-15-20(16-14-19)26(34)24-18(2)30-32(28(24)36)22-11-7-4-8-12-22/h3-16,23-24H,1-2H3/t23-,24-/m0/s1. The number of hydrazone groups is 2. The Balaban J connectivity index is 1.33. The summed E-state index contributed by atoms with van der Waals surface area (Å²) >= 11 is 0. The van der Waals surface area contributed by atoms with Gasteiger partial charge in [-0.25, -0.2) is 0 Å². The van der Waals surface area contributed by atoms with Gasteiger partial charge in [-0.3, -0.25) is 19.2 Å². The summed E-state index contributed by atoms with van der Waals surface area (Å²) in [6, 6.07) is 23.8. The molecule has 0 spiro atoms. The molecule has 3 aromatic rings. The number of anilines is 2. The van der Waals surface area contributed by atoms with Gasteiger partial charge in [0.1, 0.15) is 11.8 Å². The maximum absolute atomic E-state index is 13.2. The van der Waals surface area contributed by atoms with Crippen molar-refractivity contribution in [1.82, 2.24) is 0 Å². The van der Waals surface area contributed by atoms with Crippen molar-refractivity contribution in [2.75, 3.05) is 10.0 Å². The number of nitrogens with zero attached hydrogens (tertiary/aromatic N) is 4. The SMILES string of the molecule is CC1=NN(c2ccccc2)C(=O)[C@@H]1C(=O)c1ccc(C(=O)[C@H]2C(=O)N(c3ccccc3)N=C2C)cc1. The largest absolute Gasteiger partial charge is 0.293 e. The van der Waals surface area contributed by atoms with Crippen molar-refractivity contribution in [3.05, 3.63) is 96.1 Å². The van der Waals surface area contributed by atoms with Gasteiger partial charge in [-0.1, -0.05) is 60.7 Å². The van der Waals surface area contributed by atoms with Gasteiger partial charge >= 0.3 is 0 Å². The Bertz CT molecular complexity index is 1320. The third kappa shape index (κ3) is 3.92. The second-order valence-electron chi connectivity index (χ2n) is 8.63. The molecule has 0 saturated heterocycles. The van der Waals surface area contributed by atoms with E-state index in [1.165, 1.54) is 34.3 Å². The van der Waals surface area contributed by atoms with Crippen molar-refractivity contribution in [2.24, 2.45) is 22.0 Å². The average Bonchev–Trinajstić information content (AvgIpc) is 3.38. The zero-order chi connectivity index (χ0) is 25.4. The molecule has 0 N–H and O–H groups in total. The van der Waals surface area contributed by atoms with Crippen molar-refractivity contribution in [1.29, 1.82) is 0 Å². The molecule has 2 atom stereocenters. The third-order valence-electron chi connectivity index (χ3n) is 6.24. The lowest BCUT2D eigenvalue weighted by atomic mass is 9.90. The van der Waals surface area contributed by atoms with Gasteiger partial charge in [-0.05, 0) is 38.1 Å². The van der Waals surface area contributed by atoms with Crippen molar-refractivity contribution in [2.45, 2.75) is 13.8 Å². The molecule has 2 aliphatic rings. The second kappa shape index (κ2) is 9.14. The maximum atomic E-state index is 13.2. The molecule has 178 valence electrons. The molecule has 5 rings (SSSR count). The number of carbonyl (C=O) groups excluding carboxylic acids is 4. The number of para-hydroxylation sites is 2. The van der Waals surface area contributed by atoms with Gasteiger partial charge in [0.25, 0.3) is 11.8 Å². The minimum absolute atomic E-state index is 0.281. The van der Waals surface area contributed by atoms with Crippen LogP contribution in [0.25, 0.3) is 0 Å². The number of amides is 2. The highest BCUT2D eigenvalue weighted by atomic mass is 16.2. The van der Waals surface area contributed by atoms with Gasteiger partial charge in [0.2, 0.25) is 0 Å². The van der Waals surface area contributed by atoms with Gasteiger partial charge in [-0.2, -0.15) is 20.2 Å². The fraction of sp³-hybridized carbons (Fsp3) is 0.143. The van der Waals surface area contributed by atoms with E-state index in [1.807, 2.05) is 12.1 Å². The van der Waals surface area contributed by atoms with Gasteiger partial charge in [-0.15, -0.1) is 0 Å². The van der Waals surface area contributed by atoms with Gasteiger partial charge in [0, 0.05) is 11.1 Å². The molecule has 2 amide bonds. The third-order valence-corrected chi connectivity index (χ3v) is 6.24. The predicted molar refractivity (Wildman–Crippen MR) is 136 cm³/mol. The van der Waals surface area contributed by atoms with Crippen molar-refractivity contribution in [3.8, 4) is 0 Å². The van der Waals surface area contributed by atoms with Crippen LogP contribution >= 0.6 is 0 Å². The summed E-state index contributed by atoms with van der Waals surface area (Å²) < 4.78 is 0. The van der Waals surface area contributed by atoms with E-state index in [2.05, 4.69) is 10.2 Å². The summed E-state index contributed by atoms with van der Waals surface area (Å²) in [5.41, 5.74) is 2.53. The summed E-state index contributed by atoms with van der Waals surface area (Å²) in [6.45, 7) is 3.29. The number of ketones is 2. The highest BCUT2D eigenvalue weighted by Crippen LogP contribution is 2.28. The molecule has 2 aliphatic heterocycles. The first-order valence-electron chi connectivity index (χ1n) is 11.4. The molecule has 0 unspecified atom stereocenters. The normalized spacial score (nSPS) is 19.4. The van der Waals surface area contributed by atoms with E-state index < -0.39 is 35.2 Å². The van der Waals surface area contributed by atoms with Crippen LogP contribution in [0.1, 0.15) is 34.6 Å². The van der Waals surface area contributed by atoms with Crippen LogP contribution in [-0.4, -0.2) is 34.8 Å². The monoisotopic (exact) mass is 478 g/mol. The first-order valence-corrected chi connectivity index (χ1v) is 11.4. The zero-order valence-electron chi connectivity index (χ0n) is 19.7. The molecule has 0 saturated carbocycles. The van der Waals surface area contributed by atoms with Crippen LogP contribution in [0.2, 0.25) is 0 Å². The number of hydrogen-bond donors (Lipinski definition) is 0. The smallest absolute Gasteiger partial charge is 0.264 e. The molecular weight excluding hydrogens is 456 g/mol. The first kappa shape index (κ1) is 23.0. The Kier molecular flexibility index (Phi) is 5.85. The van der Waals surface area contributed by atoms with E-state index >= 15 is 0 Å². The maximum Gasteiger partial charge on any atom is 0.264 e. The summed E-state index contributed by atoms with van der Waals surface area (Å²) in [7, 11) is 0. The quantitative estimate of drug-likeness (QED) is 0.393. The highest BCUT2D eigenvalue weighted by Gasteiger charge is 2.41. The van der Waals surface area contributed by atoms with Gasteiger partial charge in [0.05, 0.1) is 22.8 Å². The Morgan fingerprint density at radius 2 is 0.917 bits per heavy atom. The van der Waals surface area contributed by atoms with Crippen LogP contribution in [0.3, 0.4) is 0 Å². The molecule has 0 fully saturated rings. The van der Waals surface area contributed by atoms with E-state index in [0.29, 0.717) is 22.8 Å². The van der Waals surface area contributed by atoms with Crippen LogP contribution in [0.4, 0.5) is 11.4 Å². The summed E-state index contributed by atoms with van der Waals surface area (Å²) in [4.78, 5) is 52.3. The van der Waals surface area contributed by atoms with Crippen molar-refractivity contribution in [3.63, 3.8) is 0 Å². The van der Waals surface area contributed by atoms with Crippen LogP contribution < -0.4 is 10.0 Å². The van der Waals surface area contributed by atoms with E-state index in [0.717, 1.165) is 0 Å². The molecule has 0 radical (unpaired) electrons. The predicted octanol–water partition coefficient (Wildman–Crippen LogP) is 4.13.